The molecule has 2 aliphatic heterocycles. The van der Waals surface area contributed by atoms with Crippen molar-refractivity contribution in [2.45, 2.75) is 115 Å². The summed E-state index contributed by atoms with van der Waals surface area (Å²) in [6.45, 7) is 14.6. The fourth-order valence-electron chi connectivity index (χ4n) is 6.80. The summed E-state index contributed by atoms with van der Waals surface area (Å²) in [6.07, 6.45) is 5.24. The maximum atomic E-state index is 13.6. The van der Waals surface area contributed by atoms with Gasteiger partial charge in [0.05, 0.1) is 12.6 Å². The van der Waals surface area contributed by atoms with Crippen LogP contribution < -0.4 is 5.32 Å². The Labute approximate surface area is 227 Å². The monoisotopic (exact) mass is 544 g/mol. The van der Waals surface area contributed by atoms with Crippen LogP contribution in [0, 0.1) is 19.4 Å². The molecule has 0 aromatic carbocycles. The standard InChI is InChI=1S/C28H38F2N6OS/c1-17(2)26-34-33-18(3)36(26)22-15-20-5-6-21(16-22)35(20)14-11-23(24-7-8-25(31-4)38-24)32-27(37)19-9-12-28(29,30)13-10-19/h7-8,17,19-23H,5-6,9-16H2,1-3H3,(H,32,37)/t20?,21?,22?,23-/m0/s1. The molecule has 2 aromatic heterocycles. The molecule has 2 aromatic rings. The first-order valence-corrected chi connectivity index (χ1v) is 14.8. The quantitative estimate of drug-likeness (QED) is 0.382. The summed E-state index contributed by atoms with van der Waals surface area (Å²) in [5.74, 6) is -0.764. The highest BCUT2D eigenvalue weighted by Crippen LogP contribution is 2.43. The van der Waals surface area contributed by atoms with Gasteiger partial charge in [0.15, 0.2) is 0 Å². The maximum absolute atomic E-state index is 13.6. The van der Waals surface area contributed by atoms with Crippen molar-refractivity contribution in [3.05, 3.63) is 40.1 Å². The predicted octanol–water partition coefficient (Wildman–Crippen LogP) is 6.56. The van der Waals surface area contributed by atoms with E-state index in [1.165, 1.54) is 24.2 Å². The van der Waals surface area contributed by atoms with Crippen molar-refractivity contribution in [1.82, 2.24) is 25.0 Å². The number of nitrogens with zero attached hydrogens (tertiary/aromatic N) is 5. The molecule has 1 saturated carbocycles. The van der Waals surface area contributed by atoms with Gasteiger partial charge >= 0.3 is 0 Å². The average molecular weight is 545 g/mol. The number of piperidine rings is 1. The van der Waals surface area contributed by atoms with Gasteiger partial charge in [-0.1, -0.05) is 19.9 Å². The molecule has 1 amide bonds. The van der Waals surface area contributed by atoms with Crippen LogP contribution in [0.15, 0.2) is 12.1 Å². The fourth-order valence-corrected chi connectivity index (χ4v) is 7.68. The molecule has 2 bridgehead atoms. The van der Waals surface area contributed by atoms with Crippen LogP contribution >= 0.6 is 11.3 Å². The normalized spacial score (nSPS) is 26.4. The maximum Gasteiger partial charge on any atom is 0.248 e. The van der Waals surface area contributed by atoms with Crippen LogP contribution in [0.2, 0.25) is 0 Å². The summed E-state index contributed by atoms with van der Waals surface area (Å²) in [4.78, 5) is 20.3. The number of hydrogen-bond acceptors (Lipinski definition) is 5. The summed E-state index contributed by atoms with van der Waals surface area (Å²) < 4.78 is 29.7. The van der Waals surface area contributed by atoms with Crippen LogP contribution in [-0.2, 0) is 4.79 Å². The van der Waals surface area contributed by atoms with Gasteiger partial charge < -0.3 is 9.88 Å². The zero-order chi connectivity index (χ0) is 27.0. The van der Waals surface area contributed by atoms with E-state index >= 15 is 0 Å². The van der Waals surface area contributed by atoms with E-state index in [0.29, 0.717) is 29.0 Å². The van der Waals surface area contributed by atoms with Crippen LogP contribution in [0.3, 0.4) is 0 Å². The van der Waals surface area contributed by atoms with Crippen LogP contribution in [-0.4, -0.2) is 50.1 Å². The molecule has 1 N–H and O–H groups in total. The summed E-state index contributed by atoms with van der Waals surface area (Å²) >= 11 is 1.41. The zero-order valence-electron chi connectivity index (χ0n) is 22.5. The van der Waals surface area contributed by atoms with Crippen LogP contribution in [0.1, 0.15) is 106 Å². The number of hydrogen-bond donors (Lipinski definition) is 1. The first-order chi connectivity index (χ1) is 18.1. The van der Waals surface area contributed by atoms with Crippen molar-refractivity contribution in [1.29, 1.82) is 0 Å². The molecule has 4 heterocycles. The number of carbonyl (C=O) groups is 1. The Morgan fingerprint density at radius 1 is 1.16 bits per heavy atom. The van der Waals surface area contributed by atoms with E-state index in [2.05, 4.69) is 43.7 Å². The first-order valence-electron chi connectivity index (χ1n) is 14.0. The van der Waals surface area contributed by atoms with E-state index in [1.807, 2.05) is 13.0 Å². The van der Waals surface area contributed by atoms with Crippen molar-refractivity contribution >= 4 is 22.2 Å². The molecule has 2 unspecified atom stereocenters. The van der Waals surface area contributed by atoms with E-state index in [9.17, 15) is 13.6 Å². The second kappa shape index (κ2) is 11.0. The molecule has 38 heavy (non-hydrogen) atoms. The zero-order valence-corrected chi connectivity index (χ0v) is 23.3. The Bertz CT molecular complexity index is 1160. The molecule has 3 aliphatic rings. The molecule has 206 valence electrons. The van der Waals surface area contributed by atoms with E-state index in [-0.39, 0.29) is 43.6 Å². The molecule has 5 rings (SSSR count). The largest absolute Gasteiger partial charge is 0.348 e. The Hall–Kier alpha value is -2.38. The fraction of sp³-hybridized carbons (Fsp3) is 0.714. The topological polar surface area (TPSA) is 67.4 Å². The number of amides is 1. The van der Waals surface area contributed by atoms with Crippen LogP contribution in [0.4, 0.5) is 13.8 Å². The van der Waals surface area contributed by atoms with Gasteiger partial charge in [0.25, 0.3) is 0 Å². The first kappa shape index (κ1) is 27.2. The van der Waals surface area contributed by atoms with E-state index in [4.69, 9.17) is 6.57 Å². The predicted molar refractivity (Wildman–Crippen MR) is 144 cm³/mol. The summed E-state index contributed by atoms with van der Waals surface area (Å²) in [7, 11) is 0. The molecule has 10 heteroatoms. The second-order valence-electron chi connectivity index (χ2n) is 11.6. The van der Waals surface area contributed by atoms with Gasteiger partial charge in [-0.25, -0.2) is 13.6 Å². The Morgan fingerprint density at radius 3 is 2.45 bits per heavy atom. The number of halogens is 2. The van der Waals surface area contributed by atoms with Gasteiger partial charge in [0, 0.05) is 54.2 Å². The third-order valence-electron chi connectivity index (χ3n) is 8.78. The summed E-state index contributed by atoms with van der Waals surface area (Å²) in [5.41, 5.74) is 0. The minimum Gasteiger partial charge on any atom is -0.348 e. The lowest BCUT2D eigenvalue weighted by Gasteiger charge is -2.40. The lowest BCUT2D eigenvalue weighted by molar-refractivity contribution is -0.130. The van der Waals surface area contributed by atoms with Gasteiger partial charge in [-0.05, 0) is 57.9 Å². The average Bonchev–Trinajstić information content (AvgIpc) is 3.57. The van der Waals surface area contributed by atoms with E-state index in [0.717, 1.165) is 42.3 Å². The second-order valence-corrected chi connectivity index (χ2v) is 12.7. The Kier molecular flexibility index (Phi) is 7.88. The van der Waals surface area contributed by atoms with Crippen molar-refractivity contribution in [2.75, 3.05) is 6.54 Å². The number of alkyl halides is 2. The summed E-state index contributed by atoms with van der Waals surface area (Å²) in [6, 6.07) is 4.90. The number of aromatic nitrogens is 3. The van der Waals surface area contributed by atoms with E-state index < -0.39 is 5.92 Å². The number of carbonyl (C=O) groups excluding carboxylic acids is 1. The molecule has 0 spiro atoms. The van der Waals surface area contributed by atoms with Gasteiger partial charge in [0.2, 0.25) is 16.8 Å². The molecule has 3 fully saturated rings. The number of thiophene rings is 1. The summed E-state index contributed by atoms with van der Waals surface area (Å²) in [5, 5.41) is 12.6. The highest BCUT2D eigenvalue weighted by molar-refractivity contribution is 7.16. The highest BCUT2D eigenvalue weighted by atomic mass is 32.1. The highest BCUT2D eigenvalue weighted by Gasteiger charge is 2.43. The number of nitrogens with one attached hydrogen (secondary N) is 1. The van der Waals surface area contributed by atoms with Crippen LogP contribution in [0.25, 0.3) is 4.85 Å². The van der Waals surface area contributed by atoms with Gasteiger partial charge in [0.1, 0.15) is 11.6 Å². The third kappa shape index (κ3) is 5.64. The molecule has 2 saturated heterocycles. The molecule has 1 aliphatic carbocycles. The van der Waals surface area contributed by atoms with Gasteiger partial charge in [-0.15, -0.1) is 10.2 Å². The van der Waals surface area contributed by atoms with Crippen molar-refractivity contribution < 1.29 is 13.6 Å². The number of aryl methyl sites for hydroxylation is 1. The Morgan fingerprint density at radius 2 is 1.84 bits per heavy atom. The number of fused-ring (bicyclic) bond motifs is 2. The third-order valence-corrected chi connectivity index (χ3v) is 9.87. The molecule has 7 nitrogen and oxygen atoms in total. The van der Waals surface area contributed by atoms with Crippen molar-refractivity contribution in [3.63, 3.8) is 0 Å². The minimum atomic E-state index is -2.65. The molecule has 3 atom stereocenters. The van der Waals surface area contributed by atoms with E-state index in [1.54, 1.807) is 6.07 Å². The number of rotatable bonds is 8. The molecular formula is C28H38F2N6OS. The smallest absolute Gasteiger partial charge is 0.248 e. The lowest BCUT2D eigenvalue weighted by atomic mass is 9.86. The minimum absolute atomic E-state index is 0.130. The Balaban J connectivity index is 1.25. The van der Waals surface area contributed by atoms with Crippen LogP contribution in [0.5, 0.6) is 0 Å². The van der Waals surface area contributed by atoms with Crippen molar-refractivity contribution in [2.24, 2.45) is 5.92 Å². The van der Waals surface area contributed by atoms with Gasteiger partial charge in [-0.2, -0.15) is 11.3 Å². The SMILES string of the molecule is [C-]#[N+]c1ccc([C@H](CCN2C3CCC2CC(n2c(C)nnc2C(C)C)C3)NC(=O)C2CCC(F)(F)CC2)s1. The van der Waals surface area contributed by atoms with Crippen molar-refractivity contribution in [3.8, 4) is 0 Å². The lowest BCUT2D eigenvalue weighted by Crippen LogP contribution is -2.45. The molecular weight excluding hydrogens is 506 g/mol. The molecule has 0 radical (unpaired) electrons. The van der Waals surface area contributed by atoms with Gasteiger partial charge in [-0.3, -0.25) is 9.69 Å².